The van der Waals surface area contributed by atoms with E-state index >= 15 is 0 Å². The summed E-state index contributed by atoms with van der Waals surface area (Å²) in [7, 11) is 0. The molecule has 3 nitrogen and oxygen atoms in total. The standard InChI is InChI=1S/C52H32IN3/c53-56-49-28-24-35(31-45(49)51-39-17-8-7-12-33(39)22-29-50(51)56)34-23-26-48-44(30-34)42-20-11-19-40(52(42)55(48)38-15-5-2-6-16-38)36-25-27-47-43(32-36)41-18-9-10-21-46(41)54(47)37-13-3-1-4-14-37/h1-32H. The summed E-state index contributed by atoms with van der Waals surface area (Å²) in [6.45, 7) is 0. The van der Waals surface area contributed by atoms with Gasteiger partial charge in [0.15, 0.2) is 0 Å². The van der Waals surface area contributed by atoms with Crippen LogP contribution in [0.3, 0.4) is 0 Å². The van der Waals surface area contributed by atoms with Crippen LogP contribution in [0.2, 0.25) is 0 Å². The molecular weight excluding hydrogens is 793 g/mol. The molecule has 0 radical (unpaired) electrons. The van der Waals surface area contributed by atoms with E-state index in [1.807, 2.05) is 0 Å². The van der Waals surface area contributed by atoms with E-state index in [0.717, 1.165) is 5.69 Å². The van der Waals surface area contributed by atoms with Gasteiger partial charge in [-0.15, -0.1) is 0 Å². The highest BCUT2D eigenvalue weighted by molar-refractivity contribution is 14.1. The second kappa shape index (κ2) is 12.2. The first kappa shape index (κ1) is 31.7. The van der Waals surface area contributed by atoms with Gasteiger partial charge in [0.25, 0.3) is 0 Å². The van der Waals surface area contributed by atoms with Crippen molar-refractivity contribution in [3.8, 4) is 33.6 Å². The second-order valence-corrected chi connectivity index (χ2v) is 15.7. The third-order valence-electron chi connectivity index (χ3n) is 11.7. The van der Waals surface area contributed by atoms with Crippen molar-refractivity contribution < 1.29 is 0 Å². The van der Waals surface area contributed by atoms with Gasteiger partial charge >= 0.3 is 0 Å². The van der Waals surface area contributed by atoms with Crippen LogP contribution in [0.25, 0.3) is 110 Å². The predicted octanol–water partition coefficient (Wildman–Crippen LogP) is 14.7. The summed E-state index contributed by atoms with van der Waals surface area (Å²) < 4.78 is 7.14. The number of aromatic nitrogens is 3. The molecule has 12 rings (SSSR count). The minimum absolute atomic E-state index is 1.15. The predicted molar refractivity (Wildman–Crippen MR) is 246 cm³/mol. The molecule has 3 aromatic heterocycles. The number of rotatable bonds is 4. The summed E-state index contributed by atoms with van der Waals surface area (Å²) in [4.78, 5) is 0. The van der Waals surface area contributed by atoms with Crippen LogP contribution in [0.5, 0.6) is 0 Å². The van der Waals surface area contributed by atoms with Crippen molar-refractivity contribution in [1.82, 2.24) is 11.9 Å². The average molecular weight is 826 g/mol. The maximum atomic E-state index is 2.46. The smallest absolute Gasteiger partial charge is 0.0646 e. The first-order valence-corrected chi connectivity index (χ1v) is 20.0. The van der Waals surface area contributed by atoms with Crippen molar-refractivity contribution in [3.05, 3.63) is 194 Å². The van der Waals surface area contributed by atoms with Crippen molar-refractivity contribution in [3.63, 3.8) is 0 Å². The molecule has 3 heterocycles. The van der Waals surface area contributed by atoms with Crippen LogP contribution in [0, 0.1) is 0 Å². The van der Waals surface area contributed by atoms with Crippen LogP contribution in [0.15, 0.2) is 194 Å². The molecule has 0 spiro atoms. The molecule has 0 fully saturated rings. The first-order chi connectivity index (χ1) is 27.7. The van der Waals surface area contributed by atoms with Gasteiger partial charge in [-0.05, 0) is 100 Å². The molecule has 0 atom stereocenters. The molecule has 4 heteroatoms. The summed E-state index contributed by atoms with van der Waals surface area (Å²) >= 11 is 2.45. The van der Waals surface area contributed by atoms with E-state index in [2.05, 4.69) is 229 Å². The Kier molecular flexibility index (Phi) is 6.90. The van der Waals surface area contributed by atoms with E-state index in [4.69, 9.17) is 0 Å². The van der Waals surface area contributed by atoms with Crippen LogP contribution in [0.1, 0.15) is 0 Å². The third-order valence-corrected chi connectivity index (χ3v) is 12.8. The van der Waals surface area contributed by atoms with Gasteiger partial charge in [0, 0.05) is 49.3 Å². The minimum atomic E-state index is 1.15. The van der Waals surface area contributed by atoms with E-state index < -0.39 is 0 Å². The fourth-order valence-corrected chi connectivity index (χ4v) is 10.1. The topological polar surface area (TPSA) is 14.8 Å². The van der Waals surface area contributed by atoms with Crippen molar-refractivity contribution in [2.75, 3.05) is 0 Å². The maximum Gasteiger partial charge on any atom is 0.0646 e. The number of hydrogen-bond acceptors (Lipinski definition) is 0. The van der Waals surface area contributed by atoms with Gasteiger partial charge < -0.3 is 9.13 Å². The van der Waals surface area contributed by atoms with Crippen LogP contribution in [-0.2, 0) is 0 Å². The molecule has 0 aliphatic heterocycles. The molecule has 0 unspecified atom stereocenters. The van der Waals surface area contributed by atoms with Gasteiger partial charge in [-0.2, -0.15) is 0 Å². The van der Waals surface area contributed by atoms with E-state index in [9.17, 15) is 0 Å². The Morgan fingerprint density at radius 1 is 0.321 bits per heavy atom. The molecule has 56 heavy (non-hydrogen) atoms. The zero-order valence-corrected chi connectivity index (χ0v) is 32.4. The number of hydrogen-bond donors (Lipinski definition) is 0. The fourth-order valence-electron chi connectivity index (χ4n) is 9.25. The monoisotopic (exact) mass is 825 g/mol. The molecule has 262 valence electrons. The number of benzene rings is 9. The SMILES string of the molecule is In1c2ccc(-c3ccc4c(c3)c3cccc(-c5ccc6c(c5)c5ccccc5n6-c5ccccc5)c3n4-c3ccccc3)cc2c2c3ccccc3ccc21. The van der Waals surface area contributed by atoms with Gasteiger partial charge in [0.1, 0.15) is 0 Å². The summed E-state index contributed by atoms with van der Waals surface area (Å²) in [6.07, 6.45) is 0. The van der Waals surface area contributed by atoms with Gasteiger partial charge in [0.2, 0.25) is 0 Å². The summed E-state index contributed by atoms with van der Waals surface area (Å²) in [5, 5.41) is 10.1. The van der Waals surface area contributed by atoms with Crippen LogP contribution >= 0.6 is 22.9 Å². The first-order valence-electron chi connectivity index (χ1n) is 19.1. The second-order valence-electron chi connectivity index (χ2n) is 14.7. The highest BCUT2D eigenvalue weighted by Crippen LogP contribution is 2.43. The quantitative estimate of drug-likeness (QED) is 0.157. The molecule has 0 aliphatic rings. The van der Waals surface area contributed by atoms with Gasteiger partial charge in [0.05, 0.1) is 56.0 Å². The third kappa shape index (κ3) is 4.57. The summed E-state index contributed by atoms with van der Waals surface area (Å²) in [5.41, 5.74) is 14.5. The van der Waals surface area contributed by atoms with E-state index in [1.165, 1.54) is 104 Å². The molecular formula is C52H32IN3. The molecule has 0 N–H and O–H groups in total. The molecule has 12 aromatic rings. The van der Waals surface area contributed by atoms with E-state index in [-0.39, 0.29) is 0 Å². The normalized spacial score (nSPS) is 12.0. The van der Waals surface area contributed by atoms with Crippen molar-refractivity contribution in [1.29, 1.82) is 0 Å². The lowest BCUT2D eigenvalue weighted by molar-refractivity contribution is 1.18. The molecule has 0 bridgehead atoms. The Balaban J connectivity index is 1.09. The molecule has 0 amide bonds. The lowest BCUT2D eigenvalue weighted by atomic mass is 9.98. The van der Waals surface area contributed by atoms with E-state index in [1.54, 1.807) is 0 Å². The fraction of sp³-hybridized carbons (Fsp3) is 0. The Hall–Kier alpha value is -6.63. The molecule has 0 saturated carbocycles. The van der Waals surface area contributed by atoms with Crippen molar-refractivity contribution >= 4 is 99.1 Å². The maximum absolute atomic E-state index is 2.46. The zero-order chi connectivity index (χ0) is 36.9. The number of halogens is 1. The van der Waals surface area contributed by atoms with Crippen LogP contribution in [0.4, 0.5) is 0 Å². The van der Waals surface area contributed by atoms with Crippen LogP contribution < -0.4 is 0 Å². The number of para-hydroxylation sites is 4. The largest absolute Gasteiger partial charge is 0.309 e. The summed E-state index contributed by atoms with van der Waals surface area (Å²) in [6, 6.07) is 71.3. The lowest BCUT2D eigenvalue weighted by Gasteiger charge is -2.12. The number of nitrogens with zero attached hydrogens (tertiary/aromatic N) is 3. The zero-order valence-electron chi connectivity index (χ0n) is 30.2. The number of fused-ring (bicyclic) bond motifs is 11. The molecule has 0 saturated heterocycles. The highest BCUT2D eigenvalue weighted by Gasteiger charge is 2.20. The Morgan fingerprint density at radius 2 is 0.857 bits per heavy atom. The lowest BCUT2D eigenvalue weighted by Crippen LogP contribution is -1.95. The molecule has 0 aliphatic carbocycles. The van der Waals surface area contributed by atoms with Gasteiger partial charge in [-0.25, -0.2) is 0 Å². The Labute approximate surface area is 336 Å². The van der Waals surface area contributed by atoms with E-state index in [0.29, 0.717) is 0 Å². The van der Waals surface area contributed by atoms with Crippen LogP contribution in [-0.4, -0.2) is 11.9 Å². The van der Waals surface area contributed by atoms with Crippen molar-refractivity contribution in [2.45, 2.75) is 0 Å². The Morgan fingerprint density at radius 3 is 1.64 bits per heavy atom. The molecule has 9 aromatic carbocycles. The highest BCUT2D eigenvalue weighted by atomic mass is 127. The Bertz CT molecular complexity index is 3530. The summed E-state index contributed by atoms with van der Waals surface area (Å²) in [5.74, 6) is 0. The van der Waals surface area contributed by atoms with Crippen molar-refractivity contribution in [2.24, 2.45) is 0 Å². The van der Waals surface area contributed by atoms with Gasteiger partial charge in [-0.3, -0.25) is 2.78 Å². The minimum Gasteiger partial charge on any atom is -0.309 e. The van der Waals surface area contributed by atoms with Gasteiger partial charge in [-0.1, -0.05) is 121 Å². The average Bonchev–Trinajstić information content (AvgIpc) is 3.88.